The fraction of sp³-hybridized carbons (Fsp3) is 0.0714. The summed E-state index contributed by atoms with van der Waals surface area (Å²) in [5, 5.41) is 5.94. The number of thiophene rings is 1. The number of hydrogen-bond acceptors (Lipinski definition) is 2. The maximum absolute atomic E-state index is 13.4. The van der Waals surface area contributed by atoms with Gasteiger partial charge in [0.15, 0.2) is 0 Å². The van der Waals surface area contributed by atoms with Crippen molar-refractivity contribution in [1.29, 1.82) is 0 Å². The molecule has 0 N–H and O–H groups in total. The topological polar surface area (TPSA) is 17.8 Å². The Morgan fingerprint density at radius 1 is 1.10 bits per heavy atom. The molecule has 2 nitrogen and oxygen atoms in total. The molecule has 6 heteroatoms. The van der Waals surface area contributed by atoms with Gasteiger partial charge in [-0.05, 0) is 45.6 Å². The number of hydrogen-bond donors (Lipinski definition) is 0. The van der Waals surface area contributed by atoms with E-state index in [9.17, 15) is 8.78 Å². The first-order valence-corrected chi connectivity index (χ1v) is 7.49. The highest BCUT2D eigenvalue weighted by molar-refractivity contribution is 9.09. The molecular formula is C14H9BrF2N2S. The quantitative estimate of drug-likeness (QED) is 0.602. The monoisotopic (exact) mass is 354 g/mol. The maximum atomic E-state index is 13.4. The lowest BCUT2D eigenvalue weighted by Gasteiger charge is -2.06. The molecule has 0 fully saturated rings. The Hall–Kier alpha value is -1.53. The van der Waals surface area contributed by atoms with E-state index in [1.807, 2.05) is 47.8 Å². The number of rotatable bonds is 3. The van der Waals surface area contributed by atoms with Crippen molar-refractivity contribution in [2.75, 3.05) is 0 Å². The molecule has 0 aliphatic rings. The van der Waals surface area contributed by atoms with Gasteiger partial charge in [-0.3, -0.25) is 0 Å². The number of alkyl halides is 3. The minimum atomic E-state index is -3.14. The van der Waals surface area contributed by atoms with E-state index in [4.69, 9.17) is 0 Å². The van der Waals surface area contributed by atoms with Crippen LogP contribution in [0.25, 0.3) is 16.3 Å². The van der Waals surface area contributed by atoms with Gasteiger partial charge in [0.05, 0.1) is 16.3 Å². The molecule has 0 aliphatic heterocycles. The van der Waals surface area contributed by atoms with E-state index in [1.165, 1.54) is 22.1 Å². The second-order valence-corrected chi connectivity index (χ2v) is 6.08. The second-order valence-electron chi connectivity index (χ2n) is 4.14. The first kappa shape index (κ1) is 13.5. The summed E-state index contributed by atoms with van der Waals surface area (Å²) in [5.41, 5.74) is 1.10. The Labute approximate surface area is 126 Å². The third kappa shape index (κ3) is 2.53. The smallest absolute Gasteiger partial charge is 0.232 e. The van der Waals surface area contributed by atoms with Gasteiger partial charge in [0.25, 0.3) is 0 Å². The van der Waals surface area contributed by atoms with E-state index >= 15 is 0 Å². The zero-order valence-electron chi connectivity index (χ0n) is 10.1. The minimum absolute atomic E-state index is 0.301. The highest BCUT2D eigenvalue weighted by atomic mass is 79.9. The van der Waals surface area contributed by atoms with Crippen LogP contribution in [0.3, 0.4) is 0 Å². The van der Waals surface area contributed by atoms with Crippen molar-refractivity contribution in [1.82, 2.24) is 9.78 Å². The summed E-state index contributed by atoms with van der Waals surface area (Å²) >= 11 is 3.85. The zero-order valence-corrected chi connectivity index (χ0v) is 12.5. The van der Waals surface area contributed by atoms with Crippen molar-refractivity contribution in [2.24, 2.45) is 0 Å². The van der Waals surface area contributed by atoms with Crippen molar-refractivity contribution in [3.63, 3.8) is 0 Å². The highest BCUT2D eigenvalue weighted by Gasteiger charge is 2.32. The number of aromatic nitrogens is 2. The molecule has 0 bridgehead atoms. The molecule has 0 amide bonds. The van der Waals surface area contributed by atoms with E-state index in [-0.39, 0.29) is 5.69 Å². The van der Waals surface area contributed by atoms with Gasteiger partial charge in [-0.1, -0.05) is 24.3 Å². The highest BCUT2D eigenvalue weighted by Crippen LogP contribution is 2.37. The van der Waals surface area contributed by atoms with E-state index in [2.05, 4.69) is 21.0 Å². The first-order chi connectivity index (χ1) is 9.55. The molecule has 0 unspecified atom stereocenters. The summed E-state index contributed by atoms with van der Waals surface area (Å²) in [4.78, 5) is -2.25. The van der Waals surface area contributed by atoms with Crippen LogP contribution in [-0.4, -0.2) is 9.78 Å². The normalized spacial score (nSPS) is 11.8. The van der Waals surface area contributed by atoms with Gasteiger partial charge >= 0.3 is 4.83 Å². The first-order valence-electron chi connectivity index (χ1n) is 5.82. The van der Waals surface area contributed by atoms with Crippen LogP contribution in [0.4, 0.5) is 8.78 Å². The lowest BCUT2D eigenvalue weighted by molar-refractivity contribution is 0.109. The van der Waals surface area contributed by atoms with E-state index in [0.29, 0.717) is 5.69 Å². The number of nitrogens with zero attached hydrogens (tertiary/aromatic N) is 2. The van der Waals surface area contributed by atoms with Crippen LogP contribution in [0.5, 0.6) is 0 Å². The van der Waals surface area contributed by atoms with Crippen LogP contribution in [0, 0.1) is 0 Å². The standard InChI is InChI=1S/C14H9BrF2N2S/c15-14(16,17)13-9-11(12-7-4-8-20-12)19(18-13)10-5-2-1-3-6-10/h1-9H. The summed E-state index contributed by atoms with van der Waals surface area (Å²) in [5.74, 6) is 0. The van der Waals surface area contributed by atoms with Gasteiger partial charge < -0.3 is 0 Å². The molecule has 0 atom stereocenters. The van der Waals surface area contributed by atoms with Gasteiger partial charge in [-0.25, -0.2) is 4.68 Å². The summed E-state index contributed by atoms with van der Waals surface area (Å²) < 4.78 is 28.4. The molecule has 20 heavy (non-hydrogen) atoms. The van der Waals surface area contributed by atoms with Crippen molar-refractivity contribution in [3.8, 4) is 16.3 Å². The maximum Gasteiger partial charge on any atom is 0.344 e. The van der Waals surface area contributed by atoms with Crippen molar-refractivity contribution in [2.45, 2.75) is 4.83 Å². The Kier molecular flexibility index (Phi) is 3.43. The third-order valence-corrected chi connectivity index (χ3v) is 4.07. The van der Waals surface area contributed by atoms with Crippen molar-refractivity contribution >= 4 is 27.3 Å². The molecule has 0 radical (unpaired) electrons. The van der Waals surface area contributed by atoms with Gasteiger partial charge in [0.2, 0.25) is 0 Å². The van der Waals surface area contributed by atoms with E-state index in [0.717, 1.165) is 10.6 Å². The predicted octanol–water partition coefficient (Wildman–Crippen LogP) is 5.05. The van der Waals surface area contributed by atoms with Crippen LogP contribution < -0.4 is 0 Å². The van der Waals surface area contributed by atoms with Crippen LogP contribution in [0.1, 0.15) is 5.69 Å². The summed E-state index contributed by atoms with van der Waals surface area (Å²) in [6, 6.07) is 14.4. The van der Waals surface area contributed by atoms with E-state index in [1.54, 1.807) is 0 Å². The van der Waals surface area contributed by atoms with Crippen molar-refractivity contribution < 1.29 is 8.78 Å². The molecule has 102 valence electrons. The van der Waals surface area contributed by atoms with Gasteiger partial charge in [0.1, 0.15) is 5.69 Å². The Bertz CT molecular complexity index is 703. The van der Waals surface area contributed by atoms with E-state index < -0.39 is 4.83 Å². The van der Waals surface area contributed by atoms with Gasteiger partial charge in [-0.2, -0.15) is 13.9 Å². The number of halogens is 3. The summed E-state index contributed by atoms with van der Waals surface area (Å²) in [6.07, 6.45) is 0. The third-order valence-electron chi connectivity index (χ3n) is 2.77. The lowest BCUT2D eigenvalue weighted by atomic mass is 10.3. The molecule has 0 saturated carbocycles. The Morgan fingerprint density at radius 3 is 2.45 bits per heavy atom. The molecule has 2 heterocycles. The molecule has 1 aromatic carbocycles. The van der Waals surface area contributed by atoms with Crippen LogP contribution in [0.2, 0.25) is 0 Å². The largest absolute Gasteiger partial charge is 0.344 e. The SMILES string of the molecule is FC(F)(Br)c1cc(-c2cccs2)n(-c2ccccc2)n1. The predicted molar refractivity (Wildman–Crippen MR) is 79.7 cm³/mol. The lowest BCUT2D eigenvalue weighted by Crippen LogP contribution is -2.05. The number of para-hydroxylation sites is 1. The zero-order chi connectivity index (χ0) is 14.2. The molecule has 3 rings (SSSR count). The minimum Gasteiger partial charge on any atom is -0.232 e. The van der Waals surface area contributed by atoms with Crippen LogP contribution in [-0.2, 0) is 4.83 Å². The Balaban J connectivity index is 2.20. The summed E-state index contributed by atoms with van der Waals surface area (Å²) in [7, 11) is 0. The Morgan fingerprint density at radius 2 is 1.85 bits per heavy atom. The summed E-state index contributed by atoms with van der Waals surface area (Å²) in [6.45, 7) is 0. The fourth-order valence-electron chi connectivity index (χ4n) is 1.89. The molecule has 2 aromatic heterocycles. The van der Waals surface area contributed by atoms with Gasteiger partial charge in [0, 0.05) is 0 Å². The van der Waals surface area contributed by atoms with Crippen molar-refractivity contribution in [3.05, 3.63) is 59.6 Å². The fourth-order valence-corrected chi connectivity index (χ4v) is 2.81. The molecule has 0 saturated heterocycles. The van der Waals surface area contributed by atoms with Crippen LogP contribution in [0.15, 0.2) is 53.9 Å². The van der Waals surface area contributed by atoms with Crippen LogP contribution >= 0.6 is 27.3 Å². The molecule has 0 aliphatic carbocycles. The molecule has 0 spiro atoms. The second kappa shape index (κ2) is 5.10. The average Bonchev–Trinajstić information content (AvgIpc) is 3.08. The number of benzene rings is 1. The van der Waals surface area contributed by atoms with Gasteiger partial charge in [-0.15, -0.1) is 11.3 Å². The molecular weight excluding hydrogens is 346 g/mol. The average molecular weight is 355 g/mol. The molecule has 3 aromatic rings.